The monoisotopic (exact) mass is 244 g/mol. The Kier molecular flexibility index (Phi) is 7.07. The second-order valence-corrected chi connectivity index (χ2v) is 5.03. The van der Waals surface area contributed by atoms with Crippen LogP contribution in [0.25, 0.3) is 0 Å². The fourth-order valence-corrected chi connectivity index (χ4v) is 1.40. The highest BCUT2D eigenvalue weighted by molar-refractivity contribution is 5.70. The molecule has 2 atom stereocenters. The van der Waals surface area contributed by atoms with Crippen molar-refractivity contribution in [1.82, 2.24) is 0 Å². The van der Waals surface area contributed by atoms with Crippen LogP contribution >= 0.6 is 0 Å². The number of carboxylic acids is 1. The van der Waals surface area contributed by atoms with Gasteiger partial charge in [0.25, 0.3) is 0 Å². The molecule has 0 radical (unpaired) electrons. The third-order valence-corrected chi connectivity index (χ3v) is 2.61. The second kappa shape index (κ2) is 7.45. The van der Waals surface area contributed by atoms with Crippen LogP contribution in [-0.4, -0.2) is 33.0 Å². The van der Waals surface area contributed by atoms with Gasteiger partial charge in [0.2, 0.25) is 0 Å². The van der Waals surface area contributed by atoms with Gasteiger partial charge in [-0.2, -0.15) is 0 Å². The minimum Gasteiger partial charge on any atom is -0.481 e. The number of aliphatic hydroxyl groups excluding tert-OH is 1. The molecule has 0 saturated heterocycles. The minimum atomic E-state index is -0.959. The van der Waals surface area contributed by atoms with E-state index in [4.69, 9.17) is 5.11 Å². The van der Waals surface area contributed by atoms with Crippen molar-refractivity contribution in [3.8, 4) is 0 Å². The number of hydrogen-bond acceptors (Lipinski definition) is 3. The van der Waals surface area contributed by atoms with E-state index >= 15 is 0 Å². The van der Waals surface area contributed by atoms with Crippen molar-refractivity contribution >= 4 is 5.97 Å². The lowest BCUT2D eigenvalue weighted by molar-refractivity contribution is -0.144. The van der Waals surface area contributed by atoms with E-state index < -0.39 is 23.6 Å². The van der Waals surface area contributed by atoms with Crippen molar-refractivity contribution in [1.29, 1.82) is 0 Å². The van der Waals surface area contributed by atoms with E-state index in [1.165, 1.54) is 6.92 Å². The SMILES string of the molecule is C[C@@H](C(=O)O)[C@H](O)CCCC/C=C/C(C)(C)O. The van der Waals surface area contributed by atoms with E-state index in [0.717, 1.165) is 19.3 Å². The van der Waals surface area contributed by atoms with Crippen molar-refractivity contribution in [2.24, 2.45) is 5.92 Å². The van der Waals surface area contributed by atoms with E-state index in [9.17, 15) is 15.0 Å². The topological polar surface area (TPSA) is 77.8 Å². The smallest absolute Gasteiger partial charge is 0.308 e. The van der Waals surface area contributed by atoms with Crippen molar-refractivity contribution in [3.63, 3.8) is 0 Å². The molecule has 0 aliphatic carbocycles. The third kappa shape index (κ3) is 8.89. The molecule has 0 rings (SSSR count). The van der Waals surface area contributed by atoms with Gasteiger partial charge in [0.1, 0.15) is 0 Å². The Balaban J connectivity index is 3.65. The summed E-state index contributed by atoms with van der Waals surface area (Å²) in [5, 5.41) is 27.6. The maximum Gasteiger partial charge on any atom is 0.308 e. The highest BCUT2D eigenvalue weighted by Crippen LogP contribution is 2.12. The van der Waals surface area contributed by atoms with Crippen molar-refractivity contribution in [2.45, 2.75) is 58.2 Å². The number of unbranched alkanes of at least 4 members (excludes halogenated alkanes) is 2. The van der Waals surface area contributed by atoms with Crippen LogP contribution in [-0.2, 0) is 4.79 Å². The average Bonchev–Trinajstić information content (AvgIpc) is 2.19. The Labute approximate surface area is 103 Å². The number of carboxylic acid groups (broad SMARTS) is 1. The van der Waals surface area contributed by atoms with E-state index in [2.05, 4.69) is 0 Å². The standard InChI is InChI=1S/C13H24O4/c1-10(12(15)16)11(14)8-6-4-5-7-9-13(2,3)17/h7,9-11,14,17H,4-6,8H2,1-3H3,(H,15,16)/b9-7+/t10-,11-/m1/s1. The maximum atomic E-state index is 10.6. The van der Waals surface area contributed by atoms with Crippen LogP contribution in [0, 0.1) is 5.92 Å². The minimum absolute atomic E-state index is 0.504. The van der Waals surface area contributed by atoms with E-state index in [1.54, 1.807) is 19.9 Å². The molecule has 4 nitrogen and oxygen atoms in total. The zero-order valence-corrected chi connectivity index (χ0v) is 10.9. The highest BCUT2D eigenvalue weighted by atomic mass is 16.4. The normalized spacial score (nSPS) is 16.1. The number of allylic oxidation sites excluding steroid dienone is 1. The van der Waals surface area contributed by atoms with Crippen LogP contribution < -0.4 is 0 Å². The average molecular weight is 244 g/mol. The number of aliphatic carboxylic acids is 1. The van der Waals surface area contributed by atoms with Crippen LogP contribution in [0.3, 0.4) is 0 Å². The van der Waals surface area contributed by atoms with Crippen molar-refractivity contribution in [3.05, 3.63) is 12.2 Å². The summed E-state index contributed by atoms with van der Waals surface area (Å²) in [4.78, 5) is 10.6. The summed E-state index contributed by atoms with van der Waals surface area (Å²) in [6.07, 6.45) is 5.88. The summed E-state index contributed by atoms with van der Waals surface area (Å²) in [6, 6.07) is 0. The fourth-order valence-electron chi connectivity index (χ4n) is 1.40. The van der Waals surface area contributed by atoms with E-state index in [-0.39, 0.29) is 0 Å². The van der Waals surface area contributed by atoms with Gasteiger partial charge in [0.05, 0.1) is 17.6 Å². The Morgan fingerprint density at radius 2 is 1.94 bits per heavy atom. The van der Waals surface area contributed by atoms with Gasteiger partial charge in [-0.1, -0.05) is 18.6 Å². The molecule has 4 heteroatoms. The van der Waals surface area contributed by atoms with Gasteiger partial charge in [0.15, 0.2) is 0 Å². The van der Waals surface area contributed by atoms with E-state index in [0.29, 0.717) is 6.42 Å². The molecular weight excluding hydrogens is 220 g/mol. The quantitative estimate of drug-likeness (QED) is 0.450. The molecule has 0 aliphatic rings. The predicted octanol–water partition coefficient (Wildman–Crippen LogP) is 1.96. The molecule has 0 aromatic rings. The van der Waals surface area contributed by atoms with Gasteiger partial charge >= 0.3 is 5.97 Å². The molecule has 0 fully saturated rings. The Bertz CT molecular complexity index is 253. The van der Waals surface area contributed by atoms with Gasteiger partial charge in [-0.3, -0.25) is 4.79 Å². The molecular formula is C13H24O4. The molecule has 0 aliphatic heterocycles. The number of rotatable bonds is 8. The first-order valence-corrected chi connectivity index (χ1v) is 6.05. The summed E-state index contributed by atoms with van der Waals surface area (Å²) >= 11 is 0. The van der Waals surface area contributed by atoms with Gasteiger partial charge in [-0.05, 0) is 40.0 Å². The van der Waals surface area contributed by atoms with E-state index in [1.807, 2.05) is 6.08 Å². The predicted molar refractivity (Wildman–Crippen MR) is 66.7 cm³/mol. The second-order valence-electron chi connectivity index (χ2n) is 5.03. The van der Waals surface area contributed by atoms with Gasteiger partial charge in [-0.15, -0.1) is 0 Å². The summed E-state index contributed by atoms with van der Waals surface area (Å²) < 4.78 is 0. The first kappa shape index (κ1) is 16.1. The largest absolute Gasteiger partial charge is 0.481 e. The van der Waals surface area contributed by atoms with Crippen LogP contribution in [0.2, 0.25) is 0 Å². The molecule has 0 aromatic heterocycles. The molecule has 3 N–H and O–H groups in total. The fraction of sp³-hybridized carbons (Fsp3) is 0.769. The zero-order chi connectivity index (χ0) is 13.5. The third-order valence-electron chi connectivity index (χ3n) is 2.61. The lowest BCUT2D eigenvalue weighted by atomic mass is 9.99. The van der Waals surface area contributed by atoms with Gasteiger partial charge in [0, 0.05) is 0 Å². The summed E-state index contributed by atoms with van der Waals surface area (Å²) in [7, 11) is 0. The molecule has 0 heterocycles. The van der Waals surface area contributed by atoms with Crippen LogP contribution in [0.15, 0.2) is 12.2 Å². The molecule has 0 amide bonds. The first-order chi connectivity index (χ1) is 7.74. The number of carbonyl (C=O) groups is 1. The summed E-state index contributed by atoms with van der Waals surface area (Å²) in [5.41, 5.74) is -0.780. The molecule has 0 spiro atoms. The highest BCUT2D eigenvalue weighted by Gasteiger charge is 2.20. The van der Waals surface area contributed by atoms with Crippen LogP contribution in [0.5, 0.6) is 0 Å². The summed E-state index contributed by atoms with van der Waals surface area (Å²) in [5.74, 6) is -1.67. The Morgan fingerprint density at radius 1 is 1.35 bits per heavy atom. The molecule has 0 bridgehead atoms. The van der Waals surface area contributed by atoms with Gasteiger partial charge in [-0.25, -0.2) is 0 Å². The zero-order valence-electron chi connectivity index (χ0n) is 10.9. The Hall–Kier alpha value is -0.870. The Morgan fingerprint density at radius 3 is 2.41 bits per heavy atom. The lowest BCUT2D eigenvalue weighted by Gasteiger charge is -2.14. The summed E-state index contributed by atoms with van der Waals surface area (Å²) in [6.45, 7) is 4.94. The van der Waals surface area contributed by atoms with Gasteiger partial charge < -0.3 is 15.3 Å². The lowest BCUT2D eigenvalue weighted by Crippen LogP contribution is -2.25. The van der Waals surface area contributed by atoms with Crippen LogP contribution in [0.4, 0.5) is 0 Å². The first-order valence-electron chi connectivity index (χ1n) is 6.05. The number of aliphatic hydroxyl groups is 2. The van der Waals surface area contributed by atoms with Crippen molar-refractivity contribution in [2.75, 3.05) is 0 Å². The molecule has 100 valence electrons. The van der Waals surface area contributed by atoms with Crippen molar-refractivity contribution < 1.29 is 20.1 Å². The molecule has 0 saturated carbocycles. The molecule has 0 unspecified atom stereocenters. The molecule has 17 heavy (non-hydrogen) atoms. The maximum absolute atomic E-state index is 10.6. The molecule has 0 aromatic carbocycles. The number of hydrogen-bond donors (Lipinski definition) is 3. The van der Waals surface area contributed by atoms with Crippen LogP contribution in [0.1, 0.15) is 46.5 Å².